The lowest BCUT2D eigenvalue weighted by Crippen LogP contribution is -1.96. The van der Waals surface area contributed by atoms with Gasteiger partial charge in [-0.2, -0.15) is 0 Å². The van der Waals surface area contributed by atoms with Gasteiger partial charge in [0.15, 0.2) is 0 Å². The Morgan fingerprint density at radius 3 is 2.71 bits per heavy atom. The molecule has 0 saturated heterocycles. The van der Waals surface area contributed by atoms with Gasteiger partial charge >= 0.3 is 0 Å². The van der Waals surface area contributed by atoms with Gasteiger partial charge in [0, 0.05) is 5.75 Å². The quantitative estimate of drug-likeness (QED) is 0.654. The maximum atomic E-state index is 4.56. The molecule has 68 valence electrons. The molecule has 0 bridgehead atoms. The molecule has 0 spiro atoms. The summed E-state index contributed by atoms with van der Waals surface area (Å²) in [4.78, 5) is 9.11. The number of hydrogen-bond acceptors (Lipinski definition) is 3. The summed E-state index contributed by atoms with van der Waals surface area (Å²) >= 11 is 1.74. The van der Waals surface area contributed by atoms with Crippen molar-refractivity contribution in [1.82, 2.24) is 9.97 Å². The third-order valence-corrected chi connectivity index (χ3v) is 3.09. The van der Waals surface area contributed by atoms with E-state index in [1.807, 2.05) is 30.3 Å². The van der Waals surface area contributed by atoms with Crippen LogP contribution in [0.1, 0.15) is 5.69 Å². The number of aromatic nitrogens is 2. The van der Waals surface area contributed by atoms with Gasteiger partial charge in [-0.05, 0) is 18.2 Å². The van der Waals surface area contributed by atoms with Crippen molar-refractivity contribution in [3.63, 3.8) is 0 Å². The Morgan fingerprint density at radius 2 is 1.86 bits per heavy atom. The summed E-state index contributed by atoms with van der Waals surface area (Å²) in [6.07, 6.45) is 4.17. The van der Waals surface area contributed by atoms with Crippen molar-refractivity contribution in [2.75, 3.05) is 5.75 Å². The van der Waals surface area contributed by atoms with Gasteiger partial charge < -0.3 is 0 Å². The van der Waals surface area contributed by atoms with E-state index in [-0.39, 0.29) is 0 Å². The molecule has 1 aromatic heterocycles. The Bertz CT molecular complexity index is 520. The van der Waals surface area contributed by atoms with Gasteiger partial charge in [0.05, 0.1) is 16.7 Å². The number of rotatable bonds is 0. The lowest BCUT2D eigenvalue weighted by atomic mass is 10.3. The summed E-state index contributed by atoms with van der Waals surface area (Å²) in [5, 5.41) is 1.05. The highest BCUT2D eigenvalue weighted by molar-refractivity contribution is 7.99. The van der Waals surface area contributed by atoms with Gasteiger partial charge in [0.2, 0.25) is 0 Å². The van der Waals surface area contributed by atoms with Gasteiger partial charge in [-0.1, -0.05) is 18.2 Å². The van der Waals surface area contributed by atoms with Crippen molar-refractivity contribution in [3.05, 3.63) is 36.0 Å². The van der Waals surface area contributed by atoms with Crippen LogP contribution in [-0.4, -0.2) is 15.7 Å². The molecular weight excluding hydrogens is 192 g/mol. The first-order chi connectivity index (χ1) is 6.93. The Hall–Kier alpha value is -1.35. The van der Waals surface area contributed by atoms with Gasteiger partial charge in [0.1, 0.15) is 5.03 Å². The first kappa shape index (κ1) is 8.00. The molecule has 2 nitrogen and oxygen atoms in total. The smallest absolute Gasteiger partial charge is 0.123 e. The molecule has 1 aliphatic heterocycles. The number of para-hydroxylation sites is 2. The van der Waals surface area contributed by atoms with Gasteiger partial charge in [-0.25, -0.2) is 9.97 Å². The van der Waals surface area contributed by atoms with E-state index in [1.54, 1.807) is 11.8 Å². The zero-order valence-corrected chi connectivity index (χ0v) is 8.29. The van der Waals surface area contributed by atoms with Crippen molar-refractivity contribution in [2.45, 2.75) is 5.03 Å². The summed E-state index contributed by atoms with van der Waals surface area (Å²) in [5.74, 6) is 1.00. The highest BCUT2D eigenvalue weighted by Crippen LogP contribution is 2.26. The zero-order valence-electron chi connectivity index (χ0n) is 7.47. The normalized spacial score (nSPS) is 14.3. The lowest BCUT2D eigenvalue weighted by molar-refractivity contribution is 1.09. The lowest BCUT2D eigenvalue weighted by Gasteiger charge is -2.08. The fourth-order valence-corrected chi connectivity index (χ4v) is 2.27. The van der Waals surface area contributed by atoms with Crippen LogP contribution in [0.2, 0.25) is 0 Å². The highest BCUT2D eigenvalue weighted by atomic mass is 32.2. The monoisotopic (exact) mass is 200 g/mol. The SMILES string of the molecule is C1=Cc2nc3ccccc3nc2SC1. The first-order valence-electron chi connectivity index (χ1n) is 4.49. The molecule has 2 heterocycles. The van der Waals surface area contributed by atoms with Crippen molar-refractivity contribution in [2.24, 2.45) is 0 Å². The molecule has 1 aromatic carbocycles. The van der Waals surface area contributed by atoms with Crippen LogP contribution in [0.15, 0.2) is 35.4 Å². The number of fused-ring (bicyclic) bond motifs is 2. The Morgan fingerprint density at radius 1 is 1.07 bits per heavy atom. The number of hydrogen-bond donors (Lipinski definition) is 0. The number of nitrogens with zero attached hydrogens (tertiary/aromatic N) is 2. The molecule has 0 N–H and O–H groups in total. The molecule has 0 amide bonds. The van der Waals surface area contributed by atoms with Crippen molar-refractivity contribution in [1.29, 1.82) is 0 Å². The van der Waals surface area contributed by atoms with Crippen LogP contribution in [-0.2, 0) is 0 Å². The van der Waals surface area contributed by atoms with Crippen molar-refractivity contribution < 1.29 is 0 Å². The van der Waals surface area contributed by atoms with E-state index in [4.69, 9.17) is 0 Å². The Labute approximate surface area is 86.1 Å². The van der Waals surface area contributed by atoms with Gasteiger partial charge in [-0.15, -0.1) is 11.8 Å². The predicted molar refractivity (Wildman–Crippen MR) is 59.3 cm³/mol. The van der Waals surface area contributed by atoms with Crippen LogP contribution in [0.3, 0.4) is 0 Å². The minimum absolute atomic E-state index is 0.971. The van der Waals surface area contributed by atoms with Crippen molar-refractivity contribution >= 4 is 28.9 Å². The summed E-state index contributed by atoms with van der Waals surface area (Å²) in [7, 11) is 0. The topological polar surface area (TPSA) is 25.8 Å². The molecular formula is C11H8N2S. The maximum absolute atomic E-state index is 4.56. The van der Waals surface area contributed by atoms with E-state index < -0.39 is 0 Å². The molecule has 0 radical (unpaired) electrons. The molecule has 0 aliphatic carbocycles. The van der Waals surface area contributed by atoms with Crippen LogP contribution in [0.25, 0.3) is 17.1 Å². The van der Waals surface area contributed by atoms with Crippen molar-refractivity contribution in [3.8, 4) is 0 Å². The molecule has 0 atom stereocenters. The van der Waals surface area contributed by atoms with Crippen LogP contribution in [0.4, 0.5) is 0 Å². The van der Waals surface area contributed by atoms with E-state index in [9.17, 15) is 0 Å². The molecule has 0 saturated carbocycles. The second-order valence-electron chi connectivity index (χ2n) is 3.12. The standard InChI is InChI=1S/C11H8N2S/c1-2-5-9-8(4-1)12-10-6-3-7-14-11(10)13-9/h1-6H,7H2. The van der Waals surface area contributed by atoms with Crippen LogP contribution in [0, 0.1) is 0 Å². The third-order valence-electron chi connectivity index (χ3n) is 2.16. The molecule has 0 fully saturated rings. The van der Waals surface area contributed by atoms with Crippen LogP contribution >= 0.6 is 11.8 Å². The second kappa shape index (κ2) is 3.10. The second-order valence-corrected chi connectivity index (χ2v) is 4.12. The van der Waals surface area contributed by atoms with Gasteiger partial charge in [0.25, 0.3) is 0 Å². The molecule has 3 rings (SSSR count). The average molecular weight is 200 g/mol. The third kappa shape index (κ3) is 1.21. The average Bonchev–Trinajstić information content (AvgIpc) is 2.26. The molecule has 2 aromatic rings. The Kier molecular flexibility index (Phi) is 1.77. The summed E-state index contributed by atoms with van der Waals surface area (Å²) in [5.41, 5.74) is 2.95. The number of benzene rings is 1. The highest BCUT2D eigenvalue weighted by Gasteiger charge is 2.08. The largest absolute Gasteiger partial charge is 0.244 e. The van der Waals surface area contributed by atoms with E-state index in [2.05, 4.69) is 16.0 Å². The molecule has 0 unspecified atom stereocenters. The Balaban J connectivity index is 2.34. The van der Waals surface area contributed by atoms with Gasteiger partial charge in [-0.3, -0.25) is 0 Å². The zero-order chi connectivity index (χ0) is 9.38. The van der Waals surface area contributed by atoms with E-state index in [0.717, 1.165) is 27.5 Å². The number of thioether (sulfide) groups is 1. The van der Waals surface area contributed by atoms with Crippen LogP contribution in [0.5, 0.6) is 0 Å². The van der Waals surface area contributed by atoms with E-state index in [0.29, 0.717) is 0 Å². The minimum Gasteiger partial charge on any atom is -0.244 e. The maximum Gasteiger partial charge on any atom is 0.123 e. The molecule has 3 heteroatoms. The van der Waals surface area contributed by atoms with Crippen LogP contribution < -0.4 is 0 Å². The first-order valence-corrected chi connectivity index (χ1v) is 5.48. The van der Waals surface area contributed by atoms with E-state index >= 15 is 0 Å². The molecule has 14 heavy (non-hydrogen) atoms. The summed E-state index contributed by atoms with van der Waals surface area (Å²) in [6.45, 7) is 0. The fraction of sp³-hybridized carbons (Fsp3) is 0.0909. The summed E-state index contributed by atoms with van der Waals surface area (Å²) < 4.78 is 0. The molecule has 1 aliphatic rings. The predicted octanol–water partition coefficient (Wildman–Crippen LogP) is 2.75. The summed E-state index contributed by atoms with van der Waals surface area (Å²) in [6, 6.07) is 7.98. The minimum atomic E-state index is 0.971. The fourth-order valence-electron chi connectivity index (χ4n) is 1.50. The van der Waals surface area contributed by atoms with E-state index in [1.165, 1.54) is 0 Å².